The first-order valence-corrected chi connectivity index (χ1v) is 15.0. The Labute approximate surface area is 235 Å². The van der Waals surface area contributed by atoms with Gasteiger partial charge in [0.2, 0.25) is 6.29 Å². The largest absolute Gasteiger partial charge is 0.429 e. The molecule has 3 saturated carbocycles. The van der Waals surface area contributed by atoms with Gasteiger partial charge in [-0.3, -0.25) is 0 Å². The zero-order valence-electron chi connectivity index (χ0n) is 23.6. The van der Waals surface area contributed by atoms with Crippen LogP contribution in [0.5, 0.6) is 0 Å². The summed E-state index contributed by atoms with van der Waals surface area (Å²) in [5, 5.41) is 12.4. The van der Waals surface area contributed by atoms with E-state index in [9.17, 15) is 9.90 Å². The number of hydrogen-bond acceptors (Lipinski definition) is 7. The lowest BCUT2D eigenvalue weighted by Gasteiger charge is -2.63. The van der Waals surface area contributed by atoms with Crippen molar-refractivity contribution in [3.63, 3.8) is 0 Å². The van der Waals surface area contributed by atoms with Gasteiger partial charge in [0.05, 0.1) is 23.9 Å². The van der Waals surface area contributed by atoms with E-state index in [0.29, 0.717) is 41.4 Å². The summed E-state index contributed by atoms with van der Waals surface area (Å²) in [6.07, 6.45) is 3.25. The highest BCUT2D eigenvalue weighted by atomic mass is 35.5. The van der Waals surface area contributed by atoms with Crippen LogP contribution in [0.1, 0.15) is 83.5 Å². The number of rotatable bonds is 3. The Kier molecular flexibility index (Phi) is 5.76. The number of carbonyl (C=O) groups is 1. The summed E-state index contributed by atoms with van der Waals surface area (Å²) in [4.78, 5) is 13.0. The molecule has 6 aliphatic rings. The second-order valence-electron chi connectivity index (χ2n) is 14.5. The monoisotopic (exact) mass is 560 g/mol. The average molecular weight is 561 g/mol. The third-order valence-electron chi connectivity index (χ3n) is 11.4. The van der Waals surface area contributed by atoms with Gasteiger partial charge in [0.1, 0.15) is 17.3 Å². The van der Waals surface area contributed by atoms with Crippen molar-refractivity contribution in [1.29, 1.82) is 0 Å². The van der Waals surface area contributed by atoms with Crippen LogP contribution in [0.25, 0.3) is 0 Å². The van der Waals surface area contributed by atoms with Crippen LogP contribution < -0.4 is 0 Å². The highest BCUT2D eigenvalue weighted by Gasteiger charge is 2.84. The SMILES string of the molecule is CC(C)(C)O[C@H]1CC[C@H]2[C@@H]3C[C@@]4(CO4)[C@]45O[C@H](C[C@]4(C)[C@H]3CC[C@]12C)O[C@H](OC(=O)c1cccc(Cl)c1)[C@H]5O. The number of ether oxygens (including phenoxy) is 5. The number of epoxide rings is 1. The Morgan fingerprint density at radius 1 is 1.13 bits per heavy atom. The van der Waals surface area contributed by atoms with Crippen molar-refractivity contribution in [2.75, 3.05) is 6.61 Å². The maximum absolute atomic E-state index is 13.0. The first-order chi connectivity index (χ1) is 18.3. The molecule has 3 heterocycles. The number of halogens is 1. The van der Waals surface area contributed by atoms with Crippen molar-refractivity contribution in [1.82, 2.24) is 0 Å². The first-order valence-electron chi connectivity index (χ1n) is 14.6. The molecule has 0 radical (unpaired) electrons. The van der Waals surface area contributed by atoms with Gasteiger partial charge in [0.25, 0.3) is 0 Å². The lowest BCUT2D eigenvalue weighted by Crippen LogP contribution is -2.74. The Balaban J connectivity index is 1.19. The third-order valence-corrected chi connectivity index (χ3v) is 11.6. The molecule has 2 spiro atoms. The number of fused-ring (bicyclic) bond motifs is 5. The minimum Gasteiger partial charge on any atom is -0.429 e. The molecule has 1 aromatic rings. The molecule has 0 unspecified atom stereocenters. The van der Waals surface area contributed by atoms with Crippen LogP contribution in [0, 0.1) is 28.6 Å². The molecule has 3 aliphatic carbocycles. The van der Waals surface area contributed by atoms with Crippen molar-refractivity contribution < 1.29 is 33.6 Å². The molecule has 0 aromatic heterocycles. The Morgan fingerprint density at radius 2 is 1.90 bits per heavy atom. The van der Waals surface area contributed by atoms with Crippen LogP contribution in [0.3, 0.4) is 0 Å². The molecule has 6 fully saturated rings. The van der Waals surface area contributed by atoms with Crippen molar-refractivity contribution in [3.05, 3.63) is 34.9 Å². The van der Waals surface area contributed by atoms with Crippen LogP contribution >= 0.6 is 11.6 Å². The summed E-state index contributed by atoms with van der Waals surface area (Å²) in [5.74, 6) is 0.765. The number of carbonyl (C=O) groups excluding carboxylic acids is 1. The highest BCUT2D eigenvalue weighted by molar-refractivity contribution is 6.30. The third kappa shape index (κ3) is 3.63. The fourth-order valence-corrected chi connectivity index (χ4v) is 10.1. The van der Waals surface area contributed by atoms with E-state index in [1.54, 1.807) is 24.3 Å². The lowest BCUT2D eigenvalue weighted by molar-refractivity contribution is -0.369. The number of aliphatic hydroxyl groups excluding tert-OH is 1. The van der Waals surface area contributed by atoms with Crippen LogP contribution in [0.15, 0.2) is 24.3 Å². The quantitative estimate of drug-likeness (QED) is 0.385. The zero-order chi connectivity index (χ0) is 27.6. The molecular formula is C31H41ClO7. The normalized spacial score (nSPS) is 49.8. The number of benzene rings is 1. The molecule has 8 heteroatoms. The van der Waals surface area contributed by atoms with Gasteiger partial charge < -0.3 is 28.8 Å². The maximum Gasteiger partial charge on any atom is 0.340 e. The summed E-state index contributed by atoms with van der Waals surface area (Å²) >= 11 is 6.09. The molecule has 7 nitrogen and oxygen atoms in total. The zero-order valence-corrected chi connectivity index (χ0v) is 24.3. The van der Waals surface area contributed by atoms with E-state index in [4.69, 9.17) is 35.3 Å². The predicted molar refractivity (Wildman–Crippen MR) is 143 cm³/mol. The molecule has 214 valence electrons. The van der Waals surface area contributed by atoms with Crippen molar-refractivity contribution in [2.24, 2.45) is 28.6 Å². The number of esters is 1. The second-order valence-corrected chi connectivity index (χ2v) is 14.9. The van der Waals surface area contributed by atoms with Gasteiger partial charge >= 0.3 is 5.97 Å². The Morgan fingerprint density at radius 3 is 2.59 bits per heavy atom. The van der Waals surface area contributed by atoms with Crippen molar-refractivity contribution in [2.45, 2.75) is 115 Å². The van der Waals surface area contributed by atoms with E-state index < -0.39 is 35.9 Å². The molecule has 1 N–H and O–H groups in total. The van der Waals surface area contributed by atoms with Crippen molar-refractivity contribution >= 4 is 17.6 Å². The first kappa shape index (κ1) is 26.7. The topological polar surface area (TPSA) is 86.8 Å². The van der Waals surface area contributed by atoms with Crippen LogP contribution in [0.4, 0.5) is 0 Å². The fraction of sp³-hybridized carbons (Fsp3) is 0.774. The summed E-state index contributed by atoms with van der Waals surface area (Å²) in [6.45, 7) is 11.7. The number of hydrogen-bond donors (Lipinski definition) is 1. The van der Waals surface area contributed by atoms with Crippen LogP contribution in [0.2, 0.25) is 5.02 Å². The molecule has 3 saturated heterocycles. The summed E-state index contributed by atoms with van der Waals surface area (Å²) in [7, 11) is 0. The van der Waals surface area contributed by atoms with Crippen LogP contribution in [-0.4, -0.2) is 59.3 Å². The van der Waals surface area contributed by atoms with Gasteiger partial charge in [-0.1, -0.05) is 31.5 Å². The van der Waals surface area contributed by atoms with Gasteiger partial charge in [-0.25, -0.2) is 4.79 Å². The molecule has 11 atom stereocenters. The average Bonchev–Trinajstić information content (AvgIpc) is 3.48. The van der Waals surface area contributed by atoms with Crippen molar-refractivity contribution in [3.8, 4) is 0 Å². The van der Waals surface area contributed by atoms with Gasteiger partial charge in [0, 0.05) is 16.9 Å². The molecule has 39 heavy (non-hydrogen) atoms. The molecule has 0 amide bonds. The smallest absolute Gasteiger partial charge is 0.340 e. The second kappa shape index (κ2) is 8.42. The fourth-order valence-electron chi connectivity index (χ4n) is 9.87. The van der Waals surface area contributed by atoms with Gasteiger partial charge in [-0.05, 0) is 94.2 Å². The molecular weight excluding hydrogens is 520 g/mol. The maximum atomic E-state index is 13.0. The minimum atomic E-state index is -1.17. The van der Waals surface area contributed by atoms with E-state index in [2.05, 4.69) is 34.6 Å². The number of aliphatic hydroxyl groups is 1. The minimum absolute atomic E-state index is 0.129. The van der Waals surface area contributed by atoms with Gasteiger partial charge in [-0.2, -0.15) is 0 Å². The summed E-state index contributed by atoms with van der Waals surface area (Å²) < 4.78 is 31.5. The predicted octanol–water partition coefficient (Wildman–Crippen LogP) is 5.50. The summed E-state index contributed by atoms with van der Waals surface area (Å²) in [5.41, 5.74) is -1.70. The van der Waals surface area contributed by atoms with Crippen LogP contribution in [-0.2, 0) is 23.7 Å². The van der Waals surface area contributed by atoms with E-state index in [-0.39, 0.29) is 22.5 Å². The van der Waals surface area contributed by atoms with E-state index in [1.807, 2.05) is 0 Å². The molecule has 7 rings (SSSR count). The lowest BCUT2D eigenvalue weighted by atomic mass is 9.43. The summed E-state index contributed by atoms with van der Waals surface area (Å²) in [6, 6.07) is 6.60. The van der Waals surface area contributed by atoms with Gasteiger partial charge in [0.15, 0.2) is 6.29 Å². The molecule has 1 aromatic carbocycles. The van der Waals surface area contributed by atoms with E-state index in [1.165, 1.54) is 0 Å². The van der Waals surface area contributed by atoms with E-state index in [0.717, 1.165) is 32.1 Å². The van der Waals surface area contributed by atoms with E-state index >= 15 is 0 Å². The molecule has 2 bridgehead atoms. The Hall–Kier alpha value is -1.22. The van der Waals surface area contributed by atoms with Gasteiger partial charge in [-0.15, -0.1) is 0 Å². The highest BCUT2D eigenvalue weighted by Crippen LogP contribution is 2.75. The molecule has 3 aliphatic heterocycles. The Bertz CT molecular complexity index is 1180. The standard InChI is InChI=1S/C31H41ClO7/c1-27(2,3)38-22-10-9-20-19-14-30(16-35-30)31-24(33)26(37-25(34)17-7-6-8-18(32)13-17)36-23(39-31)15-29(31,5)21(19)11-12-28(20,22)4/h6-8,13,19-24,26,33H,9-12,14-16H2,1-5H3/t19-,20-,21-,22-,23+,24+,26+,28-,29+,30+,31+/m0/s1.